The van der Waals surface area contributed by atoms with Gasteiger partial charge in [-0.3, -0.25) is 9.78 Å². The number of hydrogen-bond acceptors (Lipinski definition) is 4. The van der Waals surface area contributed by atoms with Crippen molar-refractivity contribution in [2.45, 2.75) is 37.6 Å². The number of halogens is 3. The maximum Gasteiger partial charge on any atom is 0.573 e. The molecular formula is C20H21F3N2O3. The maximum atomic E-state index is 12.6. The van der Waals surface area contributed by atoms with Gasteiger partial charge in [0.2, 0.25) is 5.91 Å². The van der Waals surface area contributed by atoms with E-state index in [0.717, 1.165) is 5.56 Å². The van der Waals surface area contributed by atoms with Crippen LogP contribution in [0.5, 0.6) is 5.75 Å². The summed E-state index contributed by atoms with van der Waals surface area (Å²) in [5, 5.41) is 3.04. The van der Waals surface area contributed by atoms with Gasteiger partial charge in [-0.1, -0.05) is 12.1 Å². The number of carbonyl (C=O) groups is 1. The van der Waals surface area contributed by atoms with E-state index in [9.17, 15) is 18.0 Å². The lowest BCUT2D eigenvalue weighted by molar-refractivity contribution is -0.274. The summed E-state index contributed by atoms with van der Waals surface area (Å²) >= 11 is 0. The molecule has 8 heteroatoms. The van der Waals surface area contributed by atoms with E-state index in [2.05, 4.69) is 15.0 Å². The Bertz CT molecular complexity index is 791. The number of nitrogens with one attached hydrogen (secondary N) is 1. The van der Waals surface area contributed by atoms with Crippen molar-refractivity contribution in [2.24, 2.45) is 0 Å². The number of alkyl halides is 3. The number of aromatic nitrogens is 1. The first-order valence-corrected chi connectivity index (χ1v) is 9.00. The van der Waals surface area contributed by atoms with Crippen molar-refractivity contribution >= 4 is 5.91 Å². The van der Waals surface area contributed by atoms with Gasteiger partial charge in [0.25, 0.3) is 0 Å². The zero-order chi connectivity index (χ0) is 20.0. The number of aryl methyl sites for hydroxylation is 1. The molecular weight excluding hydrogens is 373 g/mol. The van der Waals surface area contributed by atoms with Gasteiger partial charge in [-0.25, -0.2) is 0 Å². The molecule has 0 aliphatic carbocycles. The molecule has 1 saturated heterocycles. The van der Waals surface area contributed by atoms with Gasteiger partial charge in [-0.15, -0.1) is 13.2 Å². The fraction of sp³-hybridized carbons (Fsp3) is 0.400. The molecule has 5 nitrogen and oxygen atoms in total. The fourth-order valence-corrected chi connectivity index (χ4v) is 3.33. The lowest BCUT2D eigenvalue weighted by atomic mass is 9.82. The zero-order valence-electron chi connectivity index (χ0n) is 15.2. The number of pyridine rings is 1. The predicted octanol–water partition coefficient (Wildman–Crippen LogP) is 3.73. The molecule has 0 radical (unpaired) electrons. The van der Waals surface area contributed by atoms with Gasteiger partial charge >= 0.3 is 6.36 Å². The molecule has 28 heavy (non-hydrogen) atoms. The molecule has 1 aliphatic heterocycles. The van der Waals surface area contributed by atoms with Crippen molar-refractivity contribution in [3.63, 3.8) is 0 Å². The Hall–Kier alpha value is -2.61. The number of hydrogen-bond donors (Lipinski definition) is 1. The van der Waals surface area contributed by atoms with E-state index in [1.807, 2.05) is 12.1 Å². The Morgan fingerprint density at radius 3 is 2.57 bits per heavy atom. The first kappa shape index (κ1) is 20.1. The Balaban J connectivity index is 1.75. The molecule has 1 aliphatic rings. The summed E-state index contributed by atoms with van der Waals surface area (Å²) in [4.78, 5) is 16.5. The summed E-state index contributed by atoms with van der Waals surface area (Å²) in [6.07, 6.45) is 0.338. The van der Waals surface area contributed by atoms with E-state index >= 15 is 0 Å². The van der Waals surface area contributed by atoms with Crippen molar-refractivity contribution in [3.05, 3.63) is 59.9 Å². The van der Waals surface area contributed by atoms with Gasteiger partial charge in [0.15, 0.2) is 0 Å². The van der Waals surface area contributed by atoms with Crippen LogP contribution in [0.3, 0.4) is 0 Å². The van der Waals surface area contributed by atoms with E-state index in [-0.39, 0.29) is 18.1 Å². The van der Waals surface area contributed by atoms with Crippen LogP contribution in [0.2, 0.25) is 0 Å². The van der Waals surface area contributed by atoms with Crippen molar-refractivity contribution in [1.82, 2.24) is 10.3 Å². The average Bonchev–Trinajstić information content (AvgIpc) is 2.67. The maximum absolute atomic E-state index is 12.6. The minimum atomic E-state index is -4.77. The van der Waals surface area contributed by atoms with E-state index < -0.39 is 11.9 Å². The second-order valence-corrected chi connectivity index (χ2v) is 6.67. The number of benzene rings is 1. The number of ether oxygens (including phenoxy) is 2. The minimum absolute atomic E-state index is 0.166. The van der Waals surface area contributed by atoms with Gasteiger partial charge in [0, 0.05) is 32.0 Å². The van der Waals surface area contributed by atoms with Crippen molar-refractivity contribution < 1.29 is 27.4 Å². The van der Waals surface area contributed by atoms with Gasteiger partial charge in [0.1, 0.15) is 5.75 Å². The standard InChI is InChI=1S/C20H21F3N2O3/c21-20(22,23)28-17-3-1-2-16(14-17)19(8-12-27-13-9-19)25-18(26)5-4-15-6-10-24-11-7-15/h1-3,6-7,10-11,14H,4-5,8-9,12-13H2,(H,25,26). The first-order valence-electron chi connectivity index (χ1n) is 9.00. The third-order valence-electron chi connectivity index (χ3n) is 4.74. The second-order valence-electron chi connectivity index (χ2n) is 6.67. The zero-order valence-corrected chi connectivity index (χ0v) is 15.2. The average molecular weight is 394 g/mol. The van der Waals surface area contributed by atoms with Crippen LogP contribution in [-0.4, -0.2) is 30.5 Å². The van der Waals surface area contributed by atoms with Gasteiger partial charge < -0.3 is 14.8 Å². The van der Waals surface area contributed by atoms with Crippen LogP contribution in [0.1, 0.15) is 30.4 Å². The second kappa shape index (κ2) is 8.60. The number of carbonyl (C=O) groups excluding carboxylic acids is 1. The highest BCUT2D eigenvalue weighted by atomic mass is 19.4. The minimum Gasteiger partial charge on any atom is -0.406 e. The number of rotatable bonds is 6. The van der Waals surface area contributed by atoms with Crippen LogP contribution >= 0.6 is 0 Å². The highest BCUT2D eigenvalue weighted by Gasteiger charge is 2.37. The Labute approximate surface area is 160 Å². The Morgan fingerprint density at radius 1 is 1.18 bits per heavy atom. The smallest absolute Gasteiger partial charge is 0.406 e. The molecule has 0 spiro atoms. The predicted molar refractivity (Wildman–Crippen MR) is 95.6 cm³/mol. The van der Waals surface area contributed by atoms with E-state index in [4.69, 9.17) is 4.74 Å². The highest BCUT2D eigenvalue weighted by molar-refractivity contribution is 5.77. The number of amides is 1. The molecule has 2 heterocycles. The van der Waals surface area contributed by atoms with E-state index in [1.54, 1.807) is 18.5 Å². The molecule has 1 aromatic heterocycles. The molecule has 0 atom stereocenters. The summed E-state index contributed by atoms with van der Waals surface area (Å²) in [6, 6.07) is 9.47. The monoisotopic (exact) mass is 394 g/mol. The molecule has 2 aromatic rings. The molecule has 1 amide bonds. The van der Waals surface area contributed by atoms with Crippen LogP contribution in [0.4, 0.5) is 13.2 Å². The molecule has 1 aromatic carbocycles. The Kier molecular flexibility index (Phi) is 6.18. The van der Waals surface area contributed by atoms with Crippen LogP contribution in [0, 0.1) is 0 Å². The molecule has 0 unspecified atom stereocenters. The van der Waals surface area contributed by atoms with Crippen LogP contribution < -0.4 is 10.1 Å². The summed E-state index contributed by atoms with van der Waals surface area (Å²) in [6.45, 7) is 0.823. The van der Waals surface area contributed by atoms with Gasteiger partial charge in [0.05, 0.1) is 5.54 Å². The summed E-state index contributed by atoms with van der Waals surface area (Å²) in [5.41, 5.74) is 0.792. The molecule has 1 N–H and O–H groups in total. The molecule has 3 rings (SSSR count). The first-order chi connectivity index (χ1) is 13.4. The quantitative estimate of drug-likeness (QED) is 0.811. The molecule has 0 bridgehead atoms. The SMILES string of the molecule is O=C(CCc1ccncc1)NC1(c2cccc(OC(F)(F)F)c2)CCOCC1. The summed E-state index contributed by atoms with van der Waals surface area (Å²) in [5.74, 6) is -0.470. The van der Waals surface area contributed by atoms with E-state index in [1.165, 1.54) is 18.2 Å². The van der Waals surface area contributed by atoms with Crippen LogP contribution in [-0.2, 0) is 21.5 Å². The van der Waals surface area contributed by atoms with Crippen LogP contribution in [0.25, 0.3) is 0 Å². The molecule has 150 valence electrons. The van der Waals surface area contributed by atoms with Crippen molar-refractivity contribution in [2.75, 3.05) is 13.2 Å². The van der Waals surface area contributed by atoms with Gasteiger partial charge in [-0.2, -0.15) is 0 Å². The number of nitrogens with zero attached hydrogens (tertiary/aromatic N) is 1. The van der Waals surface area contributed by atoms with E-state index in [0.29, 0.717) is 38.0 Å². The lowest BCUT2D eigenvalue weighted by Crippen LogP contribution is -2.49. The van der Waals surface area contributed by atoms with Crippen molar-refractivity contribution in [1.29, 1.82) is 0 Å². The fourth-order valence-electron chi connectivity index (χ4n) is 3.33. The normalized spacial score (nSPS) is 16.4. The third-order valence-corrected chi connectivity index (χ3v) is 4.74. The Morgan fingerprint density at radius 2 is 1.89 bits per heavy atom. The topological polar surface area (TPSA) is 60.5 Å². The summed E-state index contributed by atoms with van der Waals surface area (Å²) < 4.78 is 47.1. The van der Waals surface area contributed by atoms with Gasteiger partial charge in [-0.05, 0) is 54.7 Å². The highest BCUT2D eigenvalue weighted by Crippen LogP contribution is 2.35. The lowest BCUT2D eigenvalue weighted by Gasteiger charge is -2.38. The molecule has 1 fully saturated rings. The largest absolute Gasteiger partial charge is 0.573 e. The van der Waals surface area contributed by atoms with Crippen molar-refractivity contribution in [3.8, 4) is 5.75 Å². The van der Waals surface area contributed by atoms with Crippen LogP contribution in [0.15, 0.2) is 48.8 Å². The summed E-state index contributed by atoms with van der Waals surface area (Å²) in [7, 11) is 0. The molecule has 0 saturated carbocycles. The third kappa shape index (κ3) is 5.45.